The lowest BCUT2D eigenvalue weighted by Crippen LogP contribution is -2.12. The van der Waals surface area contributed by atoms with Gasteiger partial charge in [-0.05, 0) is 62.4 Å². The van der Waals surface area contributed by atoms with Gasteiger partial charge in [-0.1, -0.05) is 5.21 Å². The van der Waals surface area contributed by atoms with Gasteiger partial charge in [-0.25, -0.2) is 9.48 Å². The third kappa shape index (κ3) is 3.77. The molecule has 2 aromatic carbocycles. The number of anilines is 1. The molecular formula is C19H18N4O3. The third-order valence-electron chi connectivity index (χ3n) is 3.75. The first-order valence-corrected chi connectivity index (χ1v) is 8.14. The van der Waals surface area contributed by atoms with Crippen LogP contribution in [0.2, 0.25) is 0 Å². The Kier molecular flexibility index (Phi) is 5.07. The van der Waals surface area contributed by atoms with Crippen LogP contribution >= 0.6 is 0 Å². The van der Waals surface area contributed by atoms with Crippen molar-refractivity contribution in [3.05, 3.63) is 71.5 Å². The summed E-state index contributed by atoms with van der Waals surface area (Å²) in [6, 6.07) is 13.6. The lowest BCUT2D eigenvalue weighted by molar-refractivity contribution is 0.0526. The van der Waals surface area contributed by atoms with Crippen LogP contribution in [0.15, 0.2) is 54.7 Å². The van der Waals surface area contributed by atoms with Gasteiger partial charge < -0.3 is 10.1 Å². The summed E-state index contributed by atoms with van der Waals surface area (Å²) < 4.78 is 6.62. The molecule has 3 rings (SSSR count). The average molecular weight is 350 g/mol. The fourth-order valence-electron chi connectivity index (χ4n) is 2.40. The van der Waals surface area contributed by atoms with Gasteiger partial charge in [0.15, 0.2) is 0 Å². The molecule has 0 saturated heterocycles. The van der Waals surface area contributed by atoms with E-state index >= 15 is 0 Å². The van der Waals surface area contributed by atoms with E-state index in [1.165, 1.54) is 0 Å². The quantitative estimate of drug-likeness (QED) is 0.715. The molecule has 0 unspecified atom stereocenters. The summed E-state index contributed by atoms with van der Waals surface area (Å²) in [7, 11) is 0. The SMILES string of the molecule is CCOC(=O)c1ccc(NC(=O)c2ccc(-n3nncc3C)cc2)cc1. The molecule has 1 N–H and O–H groups in total. The van der Waals surface area contributed by atoms with Gasteiger partial charge in [0, 0.05) is 11.3 Å². The van der Waals surface area contributed by atoms with E-state index in [9.17, 15) is 9.59 Å². The molecule has 0 atom stereocenters. The van der Waals surface area contributed by atoms with Crippen molar-refractivity contribution in [3.8, 4) is 5.69 Å². The number of aryl methyl sites for hydroxylation is 1. The van der Waals surface area contributed by atoms with Crippen LogP contribution < -0.4 is 5.32 Å². The lowest BCUT2D eigenvalue weighted by Gasteiger charge is -2.08. The van der Waals surface area contributed by atoms with Crippen LogP contribution in [0.4, 0.5) is 5.69 Å². The average Bonchev–Trinajstić information content (AvgIpc) is 3.08. The van der Waals surface area contributed by atoms with Gasteiger partial charge >= 0.3 is 5.97 Å². The number of hydrogen-bond acceptors (Lipinski definition) is 5. The third-order valence-corrected chi connectivity index (χ3v) is 3.75. The molecule has 1 heterocycles. The molecule has 0 aliphatic rings. The highest BCUT2D eigenvalue weighted by Crippen LogP contribution is 2.14. The maximum absolute atomic E-state index is 12.4. The first-order chi connectivity index (χ1) is 12.6. The molecule has 132 valence electrons. The Morgan fingerprint density at radius 2 is 1.69 bits per heavy atom. The van der Waals surface area contributed by atoms with E-state index in [1.54, 1.807) is 66.3 Å². The molecule has 7 nitrogen and oxygen atoms in total. The van der Waals surface area contributed by atoms with Crippen molar-refractivity contribution in [2.24, 2.45) is 0 Å². The first kappa shape index (κ1) is 17.3. The monoisotopic (exact) mass is 350 g/mol. The predicted octanol–water partition coefficient (Wildman–Crippen LogP) is 3.00. The number of carbonyl (C=O) groups is 2. The van der Waals surface area contributed by atoms with Crippen LogP contribution in [0, 0.1) is 6.92 Å². The molecule has 0 fully saturated rings. The number of aromatic nitrogens is 3. The highest BCUT2D eigenvalue weighted by Gasteiger charge is 2.09. The largest absolute Gasteiger partial charge is 0.462 e. The van der Waals surface area contributed by atoms with Crippen LogP contribution in [-0.2, 0) is 4.74 Å². The molecule has 0 aliphatic heterocycles. The Bertz CT molecular complexity index is 915. The lowest BCUT2D eigenvalue weighted by atomic mass is 10.1. The predicted molar refractivity (Wildman–Crippen MR) is 96.4 cm³/mol. The molecule has 0 bridgehead atoms. The fourth-order valence-corrected chi connectivity index (χ4v) is 2.40. The second-order valence-electron chi connectivity index (χ2n) is 5.59. The number of esters is 1. The second-order valence-corrected chi connectivity index (χ2v) is 5.59. The van der Waals surface area contributed by atoms with E-state index in [4.69, 9.17) is 4.74 Å². The number of benzene rings is 2. The number of nitrogens with one attached hydrogen (secondary N) is 1. The van der Waals surface area contributed by atoms with Crippen molar-refractivity contribution in [2.75, 3.05) is 11.9 Å². The van der Waals surface area contributed by atoms with E-state index in [0.717, 1.165) is 11.4 Å². The molecule has 1 amide bonds. The van der Waals surface area contributed by atoms with E-state index in [2.05, 4.69) is 15.6 Å². The molecular weight excluding hydrogens is 332 g/mol. The standard InChI is InChI=1S/C19H18N4O3/c1-3-26-19(25)15-4-8-16(9-5-15)21-18(24)14-6-10-17(11-7-14)23-13(2)12-20-22-23/h4-12H,3H2,1-2H3,(H,21,24). The molecule has 7 heteroatoms. The smallest absolute Gasteiger partial charge is 0.338 e. The Labute approximate surface area is 150 Å². The summed E-state index contributed by atoms with van der Waals surface area (Å²) >= 11 is 0. The highest BCUT2D eigenvalue weighted by atomic mass is 16.5. The summed E-state index contributed by atoms with van der Waals surface area (Å²) in [5, 5.41) is 10.6. The number of nitrogens with zero attached hydrogens (tertiary/aromatic N) is 3. The molecule has 3 aromatic rings. The maximum atomic E-state index is 12.4. The number of ether oxygens (including phenoxy) is 1. The number of amides is 1. The molecule has 0 spiro atoms. The van der Waals surface area contributed by atoms with Gasteiger partial charge in [0.25, 0.3) is 5.91 Å². The van der Waals surface area contributed by atoms with Crippen LogP contribution in [-0.4, -0.2) is 33.5 Å². The van der Waals surface area contributed by atoms with Crippen molar-refractivity contribution >= 4 is 17.6 Å². The summed E-state index contributed by atoms with van der Waals surface area (Å²) in [4.78, 5) is 24.0. The zero-order chi connectivity index (χ0) is 18.5. The van der Waals surface area contributed by atoms with E-state index in [0.29, 0.717) is 23.4 Å². The fraction of sp³-hybridized carbons (Fsp3) is 0.158. The number of rotatable bonds is 5. The number of carbonyl (C=O) groups excluding carboxylic acids is 2. The Hall–Kier alpha value is -3.48. The summed E-state index contributed by atoms with van der Waals surface area (Å²) in [6.45, 7) is 3.98. The first-order valence-electron chi connectivity index (χ1n) is 8.14. The van der Waals surface area contributed by atoms with Gasteiger partial charge in [-0.3, -0.25) is 4.79 Å². The maximum Gasteiger partial charge on any atom is 0.338 e. The Balaban J connectivity index is 1.68. The summed E-state index contributed by atoms with van der Waals surface area (Å²) in [5.41, 5.74) is 3.29. The highest BCUT2D eigenvalue weighted by molar-refractivity contribution is 6.04. The van der Waals surface area contributed by atoms with Crippen molar-refractivity contribution in [1.82, 2.24) is 15.0 Å². The minimum atomic E-state index is -0.385. The molecule has 0 saturated carbocycles. The minimum Gasteiger partial charge on any atom is -0.462 e. The minimum absolute atomic E-state index is 0.240. The molecule has 26 heavy (non-hydrogen) atoms. The summed E-state index contributed by atoms with van der Waals surface area (Å²) in [5.74, 6) is -0.625. The topological polar surface area (TPSA) is 86.1 Å². The van der Waals surface area contributed by atoms with Crippen molar-refractivity contribution < 1.29 is 14.3 Å². The van der Waals surface area contributed by atoms with Crippen LogP contribution in [0.1, 0.15) is 33.3 Å². The number of hydrogen-bond donors (Lipinski definition) is 1. The van der Waals surface area contributed by atoms with E-state index in [1.807, 2.05) is 6.92 Å². The van der Waals surface area contributed by atoms with Gasteiger partial charge in [0.1, 0.15) is 0 Å². The van der Waals surface area contributed by atoms with E-state index < -0.39 is 0 Å². The van der Waals surface area contributed by atoms with Crippen LogP contribution in [0.25, 0.3) is 5.69 Å². The Morgan fingerprint density at radius 3 is 2.27 bits per heavy atom. The van der Waals surface area contributed by atoms with Gasteiger partial charge in [-0.15, -0.1) is 5.10 Å². The van der Waals surface area contributed by atoms with Gasteiger partial charge in [0.2, 0.25) is 0 Å². The normalized spacial score (nSPS) is 10.4. The molecule has 0 aliphatic carbocycles. The van der Waals surface area contributed by atoms with Crippen LogP contribution in [0.3, 0.4) is 0 Å². The van der Waals surface area contributed by atoms with Crippen molar-refractivity contribution in [1.29, 1.82) is 0 Å². The van der Waals surface area contributed by atoms with Crippen molar-refractivity contribution in [2.45, 2.75) is 13.8 Å². The zero-order valence-electron chi connectivity index (χ0n) is 14.5. The Morgan fingerprint density at radius 1 is 1.04 bits per heavy atom. The van der Waals surface area contributed by atoms with Crippen LogP contribution in [0.5, 0.6) is 0 Å². The second kappa shape index (κ2) is 7.60. The van der Waals surface area contributed by atoms with E-state index in [-0.39, 0.29) is 11.9 Å². The molecule has 0 radical (unpaired) electrons. The van der Waals surface area contributed by atoms with Crippen molar-refractivity contribution in [3.63, 3.8) is 0 Å². The van der Waals surface area contributed by atoms with Gasteiger partial charge in [0.05, 0.1) is 29.7 Å². The van der Waals surface area contributed by atoms with Gasteiger partial charge in [-0.2, -0.15) is 0 Å². The zero-order valence-corrected chi connectivity index (χ0v) is 14.5. The molecule has 1 aromatic heterocycles. The summed E-state index contributed by atoms with van der Waals surface area (Å²) in [6.07, 6.45) is 1.67.